The largest absolute Gasteiger partial charge is 0.497 e. The molecule has 1 aromatic heterocycles. The highest BCUT2D eigenvalue weighted by Gasteiger charge is 2.36. The van der Waals surface area contributed by atoms with Gasteiger partial charge in [0, 0.05) is 62.6 Å². The summed E-state index contributed by atoms with van der Waals surface area (Å²) < 4.78 is 46.0. The summed E-state index contributed by atoms with van der Waals surface area (Å²) >= 11 is 0. The van der Waals surface area contributed by atoms with Crippen molar-refractivity contribution in [3.8, 4) is 5.75 Å². The third-order valence-corrected chi connectivity index (χ3v) is 8.92. The van der Waals surface area contributed by atoms with Crippen LogP contribution in [0.2, 0.25) is 0 Å². The summed E-state index contributed by atoms with van der Waals surface area (Å²) in [5, 5.41) is 1.03. The van der Waals surface area contributed by atoms with Crippen molar-refractivity contribution in [1.29, 1.82) is 0 Å². The first kappa shape index (κ1) is 24.5. The minimum absolute atomic E-state index is 0.00187. The molecule has 8 nitrogen and oxygen atoms in total. The lowest BCUT2D eigenvalue weighted by Gasteiger charge is -2.39. The van der Waals surface area contributed by atoms with Crippen LogP contribution in [-0.2, 0) is 14.8 Å². The summed E-state index contributed by atoms with van der Waals surface area (Å²) in [6.07, 6.45) is 3.06. The summed E-state index contributed by atoms with van der Waals surface area (Å²) in [6, 6.07) is 12.7. The number of pyridine rings is 1. The van der Waals surface area contributed by atoms with Gasteiger partial charge in [-0.3, -0.25) is 9.78 Å². The van der Waals surface area contributed by atoms with E-state index in [0.717, 1.165) is 34.5 Å². The van der Waals surface area contributed by atoms with Crippen LogP contribution in [0.15, 0.2) is 59.6 Å². The second-order valence-electron chi connectivity index (χ2n) is 9.18. The summed E-state index contributed by atoms with van der Waals surface area (Å²) in [7, 11) is -2.14. The van der Waals surface area contributed by atoms with E-state index in [2.05, 4.69) is 9.88 Å². The van der Waals surface area contributed by atoms with Crippen molar-refractivity contribution in [2.45, 2.75) is 17.7 Å². The average Bonchev–Trinajstić information content (AvgIpc) is 2.92. The maximum Gasteiger partial charge on any atom is 0.243 e. The number of methoxy groups -OCH3 is 1. The number of ether oxygens (including phenoxy) is 1. The molecule has 3 heterocycles. The lowest BCUT2D eigenvalue weighted by molar-refractivity contribution is -0.137. The van der Waals surface area contributed by atoms with Crippen molar-refractivity contribution in [3.05, 3.63) is 60.5 Å². The molecule has 1 atom stereocenters. The minimum Gasteiger partial charge on any atom is -0.497 e. The Hall–Kier alpha value is -3.24. The highest BCUT2D eigenvalue weighted by molar-refractivity contribution is 7.89. The van der Waals surface area contributed by atoms with Gasteiger partial charge in [0.1, 0.15) is 11.6 Å². The molecule has 1 amide bonds. The van der Waals surface area contributed by atoms with Crippen LogP contribution in [0.25, 0.3) is 10.9 Å². The van der Waals surface area contributed by atoms with E-state index in [1.165, 1.54) is 16.4 Å². The zero-order valence-electron chi connectivity index (χ0n) is 20.1. The number of nitrogens with zero attached hydrogens (tertiary/aromatic N) is 4. The molecule has 2 aliphatic heterocycles. The molecule has 2 aliphatic rings. The van der Waals surface area contributed by atoms with E-state index < -0.39 is 15.8 Å². The SMILES string of the molecule is COc1ccc2c(N3CCN(C(=O)C4CCCN(S(=O)(=O)c5ccc(F)cc5)C4)CC3)ccnc2c1. The quantitative estimate of drug-likeness (QED) is 0.523. The molecular formula is C26H29FN4O4S. The monoisotopic (exact) mass is 512 g/mol. The highest BCUT2D eigenvalue weighted by atomic mass is 32.2. The first-order valence-electron chi connectivity index (χ1n) is 12.1. The lowest BCUT2D eigenvalue weighted by Crippen LogP contribution is -2.53. The number of carbonyl (C=O) groups is 1. The third kappa shape index (κ3) is 4.75. The number of anilines is 1. The van der Waals surface area contributed by atoms with Crippen LogP contribution < -0.4 is 9.64 Å². The highest BCUT2D eigenvalue weighted by Crippen LogP contribution is 2.30. The number of hydrogen-bond donors (Lipinski definition) is 0. The van der Waals surface area contributed by atoms with Gasteiger partial charge in [-0.05, 0) is 55.3 Å². The van der Waals surface area contributed by atoms with Crippen LogP contribution in [0.1, 0.15) is 12.8 Å². The van der Waals surface area contributed by atoms with Gasteiger partial charge in [0.2, 0.25) is 15.9 Å². The summed E-state index contributed by atoms with van der Waals surface area (Å²) in [5.74, 6) is -0.113. The van der Waals surface area contributed by atoms with Crippen LogP contribution >= 0.6 is 0 Å². The first-order chi connectivity index (χ1) is 17.4. The van der Waals surface area contributed by atoms with Crippen molar-refractivity contribution in [3.63, 3.8) is 0 Å². The molecule has 2 fully saturated rings. The van der Waals surface area contributed by atoms with Crippen molar-refractivity contribution >= 4 is 32.5 Å². The molecule has 2 saturated heterocycles. The maximum absolute atomic E-state index is 13.3. The smallest absolute Gasteiger partial charge is 0.243 e. The minimum atomic E-state index is -3.77. The van der Waals surface area contributed by atoms with Gasteiger partial charge in [0.25, 0.3) is 0 Å². The molecule has 0 bridgehead atoms. The fourth-order valence-electron chi connectivity index (χ4n) is 5.06. The number of piperazine rings is 1. The van der Waals surface area contributed by atoms with Gasteiger partial charge in [-0.1, -0.05) is 0 Å². The van der Waals surface area contributed by atoms with Crippen molar-refractivity contribution in [2.24, 2.45) is 5.92 Å². The van der Waals surface area contributed by atoms with E-state index in [4.69, 9.17) is 4.74 Å². The van der Waals surface area contributed by atoms with E-state index >= 15 is 0 Å². The number of sulfonamides is 1. The summed E-state index contributed by atoms with van der Waals surface area (Å²) in [4.78, 5) is 22.0. The van der Waals surface area contributed by atoms with E-state index in [0.29, 0.717) is 45.6 Å². The molecular weight excluding hydrogens is 483 g/mol. The molecule has 10 heteroatoms. The number of rotatable bonds is 5. The Morgan fingerprint density at radius 3 is 2.50 bits per heavy atom. The van der Waals surface area contributed by atoms with Crippen LogP contribution in [0.5, 0.6) is 5.75 Å². The maximum atomic E-state index is 13.3. The number of benzene rings is 2. The fraction of sp³-hybridized carbons (Fsp3) is 0.385. The molecule has 0 saturated carbocycles. The van der Waals surface area contributed by atoms with Crippen molar-refractivity contribution < 1.29 is 22.3 Å². The Balaban J connectivity index is 1.24. The van der Waals surface area contributed by atoms with Crippen molar-refractivity contribution in [2.75, 3.05) is 51.3 Å². The fourth-order valence-corrected chi connectivity index (χ4v) is 6.58. The van der Waals surface area contributed by atoms with Gasteiger partial charge < -0.3 is 14.5 Å². The van der Waals surface area contributed by atoms with Gasteiger partial charge in [0.05, 0.1) is 23.4 Å². The zero-order chi connectivity index (χ0) is 25.3. The Bertz CT molecular complexity index is 1360. The summed E-state index contributed by atoms with van der Waals surface area (Å²) in [6.45, 7) is 3.01. The van der Waals surface area contributed by atoms with Crippen LogP contribution in [0.3, 0.4) is 0 Å². The normalized spacial score (nSPS) is 19.4. The predicted octanol–water partition coefficient (Wildman–Crippen LogP) is 3.13. The number of aromatic nitrogens is 1. The molecule has 190 valence electrons. The molecule has 5 rings (SSSR count). The van der Waals surface area contributed by atoms with Gasteiger partial charge in [-0.25, -0.2) is 12.8 Å². The molecule has 0 radical (unpaired) electrons. The number of fused-ring (bicyclic) bond motifs is 1. The second-order valence-corrected chi connectivity index (χ2v) is 11.1. The van der Waals surface area contributed by atoms with Gasteiger partial charge in [0.15, 0.2) is 0 Å². The van der Waals surface area contributed by atoms with E-state index in [1.807, 2.05) is 29.2 Å². The van der Waals surface area contributed by atoms with Gasteiger partial charge in [-0.15, -0.1) is 0 Å². The molecule has 2 aromatic carbocycles. The Morgan fingerprint density at radius 2 is 1.78 bits per heavy atom. The Labute approximate surface area is 210 Å². The van der Waals surface area contributed by atoms with Crippen LogP contribution in [0, 0.1) is 11.7 Å². The molecule has 36 heavy (non-hydrogen) atoms. The average molecular weight is 513 g/mol. The molecule has 0 aliphatic carbocycles. The Morgan fingerprint density at radius 1 is 1.03 bits per heavy atom. The number of piperidine rings is 1. The Kier molecular flexibility index (Phi) is 6.81. The molecule has 1 unspecified atom stereocenters. The molecule has 0 N–H and O–H groups in total. The van der Waals surface area contributed by atoms with E-state index in [-0.39, 0.29) is 23.3 Å². The van der Waals surface area contributed by atoms with Crippen LogP contribution in [-0.4, -0.2) is 74.9 Å². The van der Waals surface area contributed by atoms with Gasteiger partial charge >= 0.3 is 0 Å². The first-order valence-corrected chi connectivity index (χ1v) is 13.5. The standard InChI is InChI=1S/C26H29FN4O4S/c1-35-21-6-9-23-24(17-21)28-11-10-25(23)29-13-15-30(16-14-29)26(32)19-3-2-12-31(18-19)36(33,34)22-7-4-20(27)5-8-22/h4-11,17,19H,2-3,12-16,18H2,1H3. The predicted molar refractivity (Wildman–Crippen MR) is 135 cm³/mol. The number of carbonyl (C=O) groups excluding carboxylic acids is 1. The topological polar surface area (TPSA) is 83.0 Å². The molecule has 3 aromatic rings. The number of amides is 1. The van der Waals surface area contributed by atoms with Gasteiger partial charge in [-0.2, -0.15) is 4.31 Å². The lowest BCUT2D eigenvalue weighted by atomic mass is 9.97. The van der Waals surface area contributed by atoms with Crippen molar-refractivity contribution in [1.82, 2.24) is 14.2 Å². The third-order valence-electron chi connectivity index (χ3n) is 7.04. The van der Waals surface area contributed by atoms with Crippen LogP contribution in [0.4, 0.5) is 10.1 Å². The van der Waals surface area contributed by atoms with E-state index in [9.17, 15) is 17.6 Å². The zero-order valence-corrected chi connectivity index (χ0v) is 21.0. The summed E-state index contributed by atoms with van der Waals surface area (Å²) in [5.41, 5.74) is 1.93. The molecule has 0 spiro atoms. The number of halogens is 1. The number of hydrogen-bond acceptors (Lipinski definition) is 6. The van der Waals surface area contributed by atoms with E-state index in [1.54, 1.807) is 13.3 Å². The second kappa shape index (κ2) is 10.0.